The molecule has 2 atom stereocenters. The van der Waals surface area contributed by atoms with Crippen LogP contribution in [-0.4, -0.2) is 29.9 Å². The zero-order valence-corrected chi connectivity index (χ0v) is 12.9. The Labute approximate surface area is 129 Å². The van der Waals surface area contributed by atoms with E-state index in [0.29, 0.717) is 19.0 Å². The molecule has 1 aliphatic rings. The maximum Gasteiger partial charge on any atom is 0.257 e. The molecule has 1 amide bonds. The van der Waals surface area contributed by atoms with Crippen LogP contribution in [0.1, 0.15) is 30.1 Å². The van der Waals surface area contributed by atoms with Crippen molar-refractivity contribution in [3.63, 3.8) is 0 Å². The zero-order chi connectivity index (χ0) is 14.0. The summed E-state index contributed by atoms with van der Waals surface area (Å²) in [5, 5.41) is -0.0276. The molecule has 0 spiro atoms. The summed E-state index contributed by atoms with van der Waals surface area (Å²) in [5.41, 5.74) is 5.78. The highest BCUT2D eigenvalue weighted by molar-refractivity contribution is 6.31. The number of carbonyl (C=O) groups is 1. The van der Waals surface area contributed by atoms with Crippen molar-refractivity contribution >= 4 is 29.9 Å². The Bertz CT molecular complexity index is 484. The summed E-state index contributed by atoms with van der Waals surface area (Å²) in [6, 6.07) is 4.46. The lowest BCUT2D eigenvalue weighted by Gasteiger charge is -2.39. The number of rotatable bonds is 2. The SMILES string of the molecule is CC1CCCN(C(=O)c2cccc(Cl)c2F)C1CN.Cl. The van der Waals surface area contributed by atoms with Gasteiger partial charge in [0, 0.05) is 19.1 Å². The van der Waals surface area contributed by atoms with Gasteiger partial charge < -0.3 is 10.6 Å². The summed E-state index contributed by atoms with van der Waals surface area (Å²) in [6.45, 7) is 3.09. The number of amides is 1. The smallest absolute Gasteiger partial charge is 0.257 e. The standard InChI is InChI=1S/C14H18ClFN2O.ClH/c1-9-4-3-7-18(12(9)8-17)14(19)10-5-2-6-11(15)13(10)16;/h2,5-6,9,12H,3-4,7-8,17H2,1H3;1H. The van der Waals surface area contributed by atoms with Crippen LogP contribution < -0.4 is 5.73 Å². The fourth-order valence-electron chi connectivity index (χ4n) is 2.68. The second-order valence-corrected chi connectivity index (χ2v) is 5.43. The molecular weight excluding hydrogens is 302 g/mol. The van der Waals surface area contributed by atoms with Crippen LogP contribution >= 0.6 is 24.0 Å². The van der Waals surface area contributed by atoms with Crippen LogP contribution in [-0.2, 0) is 0 Å². The molecule has 6 heteroatoms. The monoisotopic (exact) mass is 320 g/mol. The Morgan fingerprint density at radius 2 is 2.25 bits per heavy atom. The van der Waals surface area contributed by atoms with Crippen molar-refractivity contribution in [1.82, 2.24) is 4.90 Å². The summed E-state index contributed by atoms with van der Waals surface area (Å²) in [5.74, 6) is -0.630. The minimum absolute atomic E-state index is 0. The normalized spacial score (nSPS) is 22.3. The van der Waals surface area contributed by atoms with Gasteiger partial charge in [-0.1, -0.05) is 24.6 Å². The maximum atomic E-state index is 13.9. The Hall–Kier alpha value is -0.840. The lowest BCUT2D eigenvalue weighted by atomic mass is 9.90. The third-order valence-corrected chi connectivity index (χ3v) is 4.09. The minimum atomic E-state index is -0.650. The van der Waals surface area contributed by atoms with Gasteiger partial charge in [0.1, 0.15) is 0 Å². The lowest BCUT2D eigenvalue weighted by Crippen LogP contribution is -2.51. The molecule has 1 saturated heterocycles. The van der Waals surface area contributed by atoms with Crippen molar-refractivity contribution in [3.8, 4) is 0 Å². The van der Waals surface area contributed by atoms with Crippen molar-refractivity contribution in [3.05, 3.63) is 34.6 Å². The summed E-state index contributed by atoms with van der Waals surface area (Å²) in [6.07, 6.45) is 1.97. The summed E-state index contributed by atoms with van der Waals surface area (Å²) >= 11 is 5.73. The molecule has 2 unspecified atom stereocenters. The largest absolute Gasteiger partial charge is 0.334 e. The van der Waals surface area contributed by atoms with Crippen molar-refractivity contribution in [2.75, 3.05) is 13.1 Å². The molecule has 2 rings (SSSR count). The number of carbonyl (C=O) groups excluding carboxylic acids is 1. The van der Waals surface area contributed by atoms with Crippen LogP contribution in [0, 0.1) is 11.7 Å². The van der Waals surface area contributed by atoms with E-state index in [1.165, 1.54) is 12.1 Å². The van der Waals surface area contributed by atoms with Gasteiger partial charge >= 0.3 is 0 Å². The van der Waals surface area contributed by atoms with Gasteiger partial charge in [0.05, 0.1) is 10.6 Å². The van der Waals surface area contributed by atoms with Crippen LogP contribution in [0.25, 0.3) is 0 Å². The number of likely N-dealkylation sites (tertiary alicyclic amines) is 1. The van der Waals surface area contributed by atoms with Crippen molar-refractivity contribution in [1.29, 1.82) is 0 Å². The second-order valence-electron chi connectivity index (χ2n) is 5.02. The summed E-state index contributed by atoms with van der Waals surface area (Å²) in [4.78, 5) is 14.1. The van der Waals surface area contributed by atoms with E-state index in [1.54, 1.807) is 11.0 Å². The van der Waals surface area contributed by atoms with Gasteiger partial charge in [0.2, 0.25) is 0 Å². The Kier molecular flexibility index (Phi) is 6.24. The zero-order valence-electron chi connectivity index (χ0n) is 11.3. The molecule has 1 fully saturated rings. The van der Waals surface area contributed by atoms with E-state index in [2.05, 4.69) is 6.92 Å². The Morgan fingerprint density at radius 3 is 2.90 bits per heavy atom. The number of piperidine rings is 1. The number of benzene rings is 1. The number of nitrogens with two attached hydrogens (primary N) is 1. The number of halogens is 3. The maximum absolute atomic E-state index is 13.9. The fourth-order valence-corrected chi connectivity index (χ4v) is 2.86. The van der Waals surface area contributed by atoms with Crippen LogP contribution in [0.5, 0.6) is 0 Å². The van der Waals surface area contributed by atoms with Gasteiger partial charge in [-0.05, 0) is 30.9 Å². The average Bonchev–Trinajstić information content (AvgIpc) is 2.41. The molecule has 112 valence electrons. The quantitative estimate of drug-likeness (QED) is 0.910. The third-order valence-electron chi connectivity index (χ3n) is 3.80. The van der Waals surface area contributed by atoms with Gasteiger partial charge in [-0.2, -0.15) is 0 Å². The minimum Gasteiger partial charge on any atom is -0.334 e. The summed E-state index contributed by atoms with van der Waals surface area (Å²) in [7, 11) is 0. The van der Waals surface area contributed by atoms with E-state index in [-0.39, 0.29) is 34.9 Å². The molecule has 3 nitrogen and oxygen atoms in total. The molecule has 1 heterocycles. The molecule has 0 aromatic heterocycles. The molecule has 0 saturated carbocycles. The average molecular weight is 321 g/mol. The molecule has 1 aliphatic heterocycles. The Balaban J connectivity index is 0.00000200. The van der Waals surface area contributed by atoms with Crippen molar-refractivity contribution in [2.45, 2.75) is 25.8 Å². The van der Waals surface area contributed by atoms with Gasteiger partial charge in [0.15, 0.2) is 5.82 Å². The highest BCUT2D eigenvalue weighted by Crippen LogP contribution is 2.26. The molecule has 20 heavy (non-hydrogen) atoms. The van der Waals surface area contributed by atoms with Crippen molar-refractivity contribution < 1.29 is 9.18 Å². The van der Waals surface area contributed by atoms with Crippen LogP contribution in [0.4, 0.5) is 4.39 Å². The first kappa shape index (κ1) is 17.2. The first-order valence-electron chi connectivity index (χ1n) is 6.51. The predicted molar refractivity (Wildman–Crippen MR) is 80.9 cm³/mol. The molecule has 0 aliphatic carbocycles. The third kappa shape index (κ3) is 3.25. The second kappa shape index (κ2) is 7.25. The molecule has 0 bridgehead atoms. The van der Waals surface area contributed by atoms with E-state index >= 15 is 0 Å². The van der Waals surface area contributed by atoms with Gasteiger partial charge in [-0.15, -0.1) is 12.4 Å². The molecule has 2 N–H and O–H groups in total. The molecular formula is C14H19Cl2FN2O. The first-order chi connectivity index (χ1) is 9.06. The predicted octanol–water partition coefficient (Wildman–Crippen LogP) is 3.10. The van der Waals surface area contributed by atoms with Crippen LogP contribution in [0.2, 0.25) is 5.02 Å². The highest BCUT2D eigenvalue weighted by atomic mass is 35.5. The lowest BCUT2D eigenvalue weighted by molar-refractivity contribution is 0.0528. The van der Waals surface area contributed by atoms with Crippen LogP contribution in [0.3, 0.4) is 0 Å². The van der Waals surface area contributed by atoms with E-state index < -0.39 is 5.82 Å². The molecule has 1 aromatic carbocycles. The van der Waals surface area contributed by atoms with E-state index in [0.717, 1.165) is 12.8 Å². The van der Waals surface area contributed by atoms with Gasteiger partial charge in [0.25, 0.3) is 5.91 Å². The number of nitrogens with zero attached hydrogens (tertiary/aromatic N) is 1. The number of hydrogen-bond donors (Lipinski definition) is 1. The topological polar surface area (TPSA) is 46.3 Å². The number of hydrogen-bond acceptors (Lipinski definition) is 2. The molecule has 0 radical (unpaired) electrons. The van der Waals surface area contributed by atoms with Crippen LogP contribution in [0.15, 0.2) is 18.2 Å². The fraction of sp³-hybridized carbons (Fsp3) is 0.500. The van der Waals surface area contributed by atoms with Gasteiger partial charge in [-0.3, -0.25) is 4.79 Å². The summed E-state index contributed by atoms with van der Waals surface area (Å²) < 4.78 is 13.9. The van der Waals surface area contributed by atoms with E-state index in [1.807, 2.05) is 0 Å². The first-order valence-corrected chi connectivity index (χ1v) is 6.89. The Morgan fingerprint density at radius 1 is 1.55 bits per heavy atom. The molecule has 1 aromatic rings. The van der Waals surface area contributed by atoms with Crippen molar-refractivity contribution in [2.24, 2.45) is 11.7 Å². The highest BCUT2D eigenvalue weighted by Gasteiger charge is 2.32. The van der Waals surface area contributed by atoms with E-state index in [9.17, 15) is 9.18 Å². The van der Waals surface area contributed by atoms with Gasteiger partial charge in [-0.25, -0.2) is 4.39 Å². The van der Waals surface area contributed by atoms with E-state index in [4.69, 9.17) is 17.3 Å².